The summed E-state index contributed by atoms with van der Waals surface area (Å²) in [5.74, 6) is -1.05. The minimum atomic E-state index is -0.525. The van der Waals surface area contributed by atoms with Crippen molar-refractivity contribution in [1.29, 1.82) is 0 Å². The molecule has 1 aromatic carbocycles. The zero-order valence-corrected chi connectivity index (χ0v) is 11.1. The Kier molecular flexibility index (Phi) is 3.78. The molecule has 3 nitrogen and oxygen atoms in total. The molecule has 3 rings (SSSR count). The predicted molar refractivity (Wildman–Crippen MR) is 72.3 cm³/mol. The third-order valence-electron chi connectivity index (χ3n) is 3.73. The largest absolute Gasteiger partial charge is 0.333 e. The summed E-state index contributed by atoms with van der Waals surface area (Å²) < 4.78 is 28.4. The summed E-state index contributed by atoms with van der Waals surface area (Å²) in [4.78, 5) is 4.19. The molecule has 0 bridgehead atoms. The summed E-state index contributed by atoms with van der Waals surface area (Å²) in [6.45, 7) is 1.71. The highest BCUT2D eigenvalue weighted by Crippen LogP contribution is 2.22. The normalized spacial score (nSPS) is 18.6. The van der Waals surface area contributed by atoms with Crippen LogP contribution in [0.25, 0.3) is 0 Å². The van der Waals surface area contributed by atoms with E-state index in [0.29, 0.717) is 24.6 Å². The Labute approximate surface area is 116 Å². The maximum Gasteiger partial charge on any atom is 0.126 e. The van der Waals surface area contributed by atoms with Crippen LogP contribution in [0.5, 0.6) is 0 Å². The molecule has 1 aliphatic rings. The molecule has 1 saturated heterocycles. The number of aryl methyl sites for hydroxylation is 2. The Morgan fingerprint density at radius 1 is 1.25 bits per heavy atom. The van der Waals surface area contributed by atoms with Crippen LogP contribution in [0.3, 0.4) is 0 Å². The van der Waals surface area contributed by atoms with Gasteiger partial charge < -0.3 is 9.88 Å². The van der Waals surface area contributed by atoms with Gasteiger partial charge in [-0.1, -0.05) is 0 Å². The van der Waals surface area contributed by atoms with E-state index in [1.54, 1.807) is 6.33 Å². The standard InChI is InChI=1S/C15H17F2N3/c16-12-6-11(7-13(17)8-12)3-5-20-10-18-9-15(20)14-2-1-4-19-14/h6-10,14,19H,1-5H2. The molecule has 106 valence electrons. The molecule has 0 radical (unpaired) electrons. The smallest absolute Gasteiger partial charge is 0.126 e. The van der Waals surface area contributed by atoms with Crippen molar-refractivity contribution in [2.24, 2.45) is 0 Å². The number of rotatable bonds is 4. The highest BCUT2D eigenvalue weighted by Gasteiger charge is 2.19. The van der Waals surface area contributed by atoms with Gasteiger partial charge in [-0.15, -0.1) is 0 Å². The maximum absolute atomic E-state index is 13.1. The molecule has 2 heterocycles. The Morgan fingerprint density at radius 2 is 2.05 bits per heavy atom. The van der Waals surface area contributed by atoms with Gasteiger partial charge in [0, 0.05) is 24.8 Å². The lowest BCUT2D eigenvalue weighted by Gasteiger charge is -2.14. The van der Waals surface area contributed by atoms with Crippen molar-refractivity contribution in [3.05, 3.63) is 53.6 Å². The molecule has 5 heteroatoms. The van der Waals surface area contributed by atoms with E-state index in [1.807, 2.05) is 6.20 Å². The lowest BCUT2D eigenvalue weighted by molar-refractivity contribution is 0.555. The van der Waals surface area contributed by atoms with Crippen molar-refractivity contribution in [2.45, 2.75) is 31.8 Å². The summed E-state index contributed by atoms with van der Waals surface area (Å²) >= 11 is 0. The van der Waals surface area contributed by atoms with Gasteiger partial charge in [0.05, 0.1) is 12.0 Å². The van der Waals surface area contributed by atoms with Crippen LogP contribution in [-0.4, -0.2) is 16.1 Å². The summed E-state index contributed by atoms with van der Waals surface area (Å²) in [7, 11) is 0. The number of nitrogens with one attached hydrogen (secondary N) is 1. The van der Waals surface area contributed by atoms with Crippen molar-refractivity contribution >= 4 is 0 Å². The number of nitrogens with zero attached hydrogens (tertiary/aromatic N) is 2. The molecule has 0 spiro atoms. The zero-order valence-electron chi connectivity index (χ0n) is 11.1. The summed E-state index contributed by atoms with van der Waals surface area (Å²) in [6.07, 6.45) is 6.52. The summed E-state index contributed by atoms with van der Waals surface area (Å²) in [5.41, 5.74) is 1.82. The van der Waals surface area contributed by atoms with E-state index in [4.69, 9.17) is 0 Å². The average Bonchev–Trinajstić information content (AvgIpc) is 3.06. The quantitative estimate of drug-likeness (QED) is 0.931. The molecule has 1 unspecified atom stereocenters. The first-order valence-electron chi connectivity index (χ1n) is 6.91. The van der Waals surface area contributed by atoms with E-state index < -0.39 is 11.6 Å². The fraction of sp³-hybridized carbons (Fsp3) is 0.400. The van der Waals surface area contributed by atoms with Crippen molar-refractivity contribution < 1.29 is 8.78 Å². The maximum atomic E-state index is 13.1. The topological polar surface area (TPSA) is 29.9 Å². The van der Waals surface area contributed by atoms with Crippen LogP contribution < -0.4 is 5.32 Å². The number of imidazole rings is 1. The molecular formula is C15H17F2N3. The highest BCUT2D eigenvalue weighted by molar-refractivity contribution is 5.18. The molecule has 1 aliphatic heterocycles. The van der Waals surface area contributed by atoms with Gasteiger partial charge in [-0.3, -0.25) is 0 Å². The molecule has 20 heavy (non-hydrogen) atoms. The predicted octanol–water partition coefficient (Wildman–Crippen LogP) is 2.83. The second-order valence-electron chi connectivity index (χ2n) is 5.19. The van der Waals surface area contributed by atoms with E-state index >= 15 is 0 Å². The first-order chi connectivity index (χ1) is 9.72. The number of hydrogen-bond donors (Lipinski definition) is 1. The number of hydrogen-bond acceptors (Lipinski definition) is 2. The van der Waals surface area contributed by atoms with Gasteiger partial charge in [0.2, 0.25) is 0 Å². The lowest BCUT2D eigenvalue weighted by atomic mass is 10.1. The summed E-state index contributed by atoms with van der Waals surface area (Å²) in [5, 5.41) is 3.43. The fourth-order valence-electron chi connectivity index (χ4n) is 2.75. The minimum Gasteiger partial charge on any atom is -0.333 e. The molecule has 1 atom stereocenters. The number of halogens is 2. The van der Waals surface area contributed by atoms with Gasteiger partial charge in [0.1, 0.15) is 11.6 Å². The van der Waals surface area contributed by atoms with Crippen LogP contribution >= 0.6 is 0 Å². The lowest BCUT2D eigenvalue weighted by Crippen LogP contribution is -2.17. The van der Waals surface area contributed by atoms with Crippen LogP contribution in [0.15, 0.2) is 30.7 Å². The Hall–Kier alpha value is -1.75. The van der Waals surface area contributed by atoms with E-state index in [1.165, 1.54) is 18.6 Å². The number of aromatic nitrogens is 2. The number of benzene rings is 1. The third-order valence-corrected chi connectivity index (χ3v) is 3.73. The second-order valence-corrected chi connectivity index (χ2v) is 5.19. The van der Waals surface area contributed by atoms with Crippen LogP contribution in [-0.2, 0) is 13.0 Å². The highest BCUT2D eigenvalue weighted by atomic mass is 19.1. The zero-order chi connectivity index (χ0) is 13.9. The van der Waals surface area contributed by atoms with Crippen molar-refractivity contribution in [1.82, 2.24) is 14.9 Å². The molecule has 2 aromatic rings. The molecule has 1 aromatic heterocycles. The van der Waals surface area contributed by atoms with E-state index in [9.17, 15) is 8.78 Å². The average molecular weight is 277 g/mol. The molecular weight excluding hydrogens is 260 g/mol. The van der Waals surface area contributed by atoms with Gasteiger partial charge in [-0.2, -0.15) is 0 Å². The van der Waals surface area contributed by atoms with Crippen LogP contribution in [0.2, 0.25) is 0 Å². The SMILES string of the molecule is Fc1cc(F)cc(CCn2cncc2C2CCCN2)c1. The molecule has 1 N–H and O–H groups in total. The first kappa shape index (κ1) is 13.2. The van der Waals surface area contributed by atoms with Crippen LogP contribution in [0.1, 0.15) is 30.1 Å². The summed E-state index contributed by atoms with van der Waals surface area (Å²) in [6, 6.07) is 4.01. The van der Waals surface area contributed by atoms with Gasteiger partial charge in [0.25, 0.3) is 0 Å². The molecule has 0 saturated carbocycles. The Balaban J connectivity index is 1.70. The monoisotopic (exact) mass is 277 g/mol. The molecule has 0 amide bonds. The third kappa shape index (κ3) is 2.88. The minimum absolute atomic E-state index is 0.349. The fourth-order valence-corrected chi connectivity index (χ4v) is 2.75. The van der Waals surface area contributed by atoms with E-state index in [-0.39, 0.29) is 0 Å². The van der Waals surface area contributed by atoms with Gasteiger partial charge in [0.15, 0.2) is 0 Å². The van der Waals surface area contributed by atoms with Gasteiger partial charge in [-0.25, -0.2) is 13.8 Å². The Bertz CT molecular complexity index is 568. The Morgan fingerprint density at radius 3 is 2.75 bits per heavy atom. The van der Waals surface area contributed by atoms with Gasteiger partial charge in [-0.05, 0) is 43.5 Å². The molecule has 0 aliphatic carbocycles. The van der Waals surface area contributed by atoms with Crippen molar-refractivity contribution in [2.75, 3.05) is 6.54 Å². The van der Waals surface area contributed by atoms with Gasteiger partial charge >= 0.3 is 0 Å². The second kappa shape index (κ2) is 5.71. The van der Waals surface area contributed by atoms with Crippen molar-refractivity contribution in [3.63, 3.8) is 0 Å². The van der Waals surface area contributed by atoms with Crippen LogP contribution in [0, 0.1) is 11.6 Å². The first-order valence-corrected chi connectivity index (χ1v) is 6.91. The van der Waals surface area contributed by atoms with E-state index in [0.717, 1.165) is 24.7 Å². The van der Waals surface area contributed by atoms with E-state index in [2.05, 4.69) is 14.9 Å². The van der Waals surface area contributed by atoms with Crippen molar-refractivity contribution in [3.8, 4) is 0 Å². The van der Waals surface area contributed by atoms with Crippen LogP contribution in [0.4, 0.5) is 8.78 Å². The molecule has 1 fully saturated rings.